The van der Waals surface area contributed by atoms with Crippen molar-refractivity contribution in [3.8, 4) is 0 Å². The highest BCUT2D eigenvalue weighted by Crippen LogP contribution is 2.12. The molecule has 4 N–H and O–H groups in total. The van der Waals surface area contributed by atoms with Crippen molar-refractivity contribution >= 4 is 5.91 Å². The van der Waals surface area contributed by atoms with Gasteiger partial charge in [-0.25, -0.2) is 0 Å². The number of rotatable bonds is 5. The lowest BCUT2D eigenvalue weighted by Crippen LogP contribution is -2.47. The van der Waals surface area contributed by atoms with Gasteiger partial charge in [0.1, 0.15) is 0 Å². The molecule has 0 aliphatic heterocycles. The van der Waals surface area contributed by atoms with Crippen molar-refractivity contribution in [2.45, 2.75) is 33.2 Å². The van der Waals surface area contributed by atoms with Crippen LogP contribution < -0.4 is 11.1 Å². The number of aliphatic hydroxyl groups excluding tert-OH is 1. The summed E-state index contributed by atoms with van der Waals surface area (Å²) in [5, 5.41) is 11.6. The molecular formula is C9H20N2O2. The summed E-state index contributed by atoms with van der Waals surface area (Å²) in [6.07, 6.45) is 0.725. The van der Waals surface area contributed by atoms with Crippen LogP contribution in [-0.2, 0) is 4.79 Å². The molecule has 1 atom stereocenters. The topological polar surface area (TPSA) is 75.3 Å². The van der Waals surface area contributed by atoms with Crippen molar-refractivity contribution in [1.29, 1.82) is 0 Å². The molecule has 0 bridgehead atoms. The van der Waals surface area contributed by atoms with Crippen LogP contribution in [0.1, 0.15) is 27.2 Å². The van der Waals surface area contributed by atoms with Gasteiger partial charge >= 0.3 is 0 Å². The lowest BCUT2D eigenvalue weighted by atomic mass is 9.92. The van der Waals surface area contributed by atoms with Crippen LogP contribution in [0, 0.1) is 5.41 Å². The highest BCUT2D eigenvalue weighted by molar-refractivity contribution is 5.82. The lowest BCUT2D eigenvalue weighted by molar-refractivity contribution is -0.129. The maximum absolute atomic E-state index is 11.5. The second kappa shape index (κ2) is 5.19. The summed E-state index contributed by atoms with van der Waals surface area (Å²) in [7, 11) is 0. The minimum absolute atomic E-state index is 0.0249. The molecule has 0 saturated carbocycles. The van der Waals surface area contributed by atoms with Gasteiger partial charge in [0.2, 0.25) is 5.91 Å². The Morgan fingerprint density at radius 3 is 2.46 bits per heavy atom. The zero-order chi connectivity index (χ0) is 10.5. The molecule has 0 radical (unpaired) electrons. The molecule has 0 aliphatic carbocycles. The normalized spacial score (nSPS) is 13.9. The van der Waals surface area contributed by atoms with Gasteiger partial charge in [-0.2, -0.15) is 0 Å². The van der Waals surface area contributed by atoms with E-state index in [2.05, 4.69) is 5.32 Å². The highest BCUT2D eigenvalue weighted by Gasteiger charge is 2.26. The Morgan fingerprint density at radius 2 is 2.15 bits per heavy atom. The lowest BCUT2D eigenvalue weighted by Gasteiger charge is -2.24. The first-order valence-electron chi connectivity index (χ1n) is 4.59. The molecule has 0 aromatic rings. The number of aliphatic hydroxyl groups is 1. The fourth-order valence-corrected chi connectivity index (χ4v) is 0.750. The Hall–Kier alpha value is -0.610. The monoisotopic (exact) mass is 188 g/mol. The molecule has 0 heterocycles. The van der Waals surface area contributed by atoms with E-state index in [1.807, 2.05) is 6.92 Å². The van der Waals surface area contributed by atoms with Gasteiger partial charge < -0.3 is 16.2 Å². The molecule has 0 aromatic heterocycles. The van der Waals surface area contributed by atoms with E-state index in [0.717, 1.165) is 6.42 Å². The third-order valence-electron chi connectivity index (χ3n) is 2.17. The van der Waals surface area contributed by atoms with E-state index in [1.165, 1.54) is 0 Å². The fourth-order valence-electron chi connectivity index (χ4n) is 0.750. The molecule has 0 spiro atoms. The van der Waals surface area contributed by atoms with Crippen molar-refractivity contribution in [2.75, 3.05) is 13.2 Å². The van der Waals surface area contributed by atoms with E-state index < -0.39 is 5.41 Å². The predicted octanol–water partition coefficient (Wildman–Crippen LogP) is -0.142. The summed E-state index contributed by atoms with van der Waals surface area (Å²) in [4.78, 5) is 11.5. The Morgan fingerprint density at radius 1 is 1.62 bits per heavy atom. The van der Waals surface area contributed by atoms with Crippen LogP contribution in [0.4, 0.5) is 0 Å². The molecule has 0 unspecified atom stereocenters. The Kier molecular flexibility index (Phi) is 4.95. The number of carbonyl (C=O) groups is 1. The molecule has 13 heavy (non-hydrogen) atoms. The SMILES string of the molecule is CC[C@H](CO)NC(=O)C(C)(C)CN. The average molecular weight is 188 g/mol. The van der Waals surface area contributed by atoms with E-state index in [4.69, 9.17) is 10.8 Å². The van der Waals surface area contributed by atoms with E-state index in [0.29, 0.717) is 6.54 Å². The van der Waals surface area contributed by atoms with Crippen molar-refractivity contribution < 1.29 is 9.90 Å². The maximum Gasteiger partial charge on any atom is 0.227 e. The van der Waals surface area contributed by atoms with Crippen molar-refractivity contribution in [2.24, 2.45) is 11.1 Å². The molecule has 4 heteroatoms. The zero-order valence-electron chi connectivity index (χ0n) is 8.63. The summed E-state index contributed by atoms with van der Waals surface area (Å²) in [6.45, 7) is 5.76. The molecule has 0 rings (SSSR count). The number of amides is 1. The average Bonchev–Trinajstić information content (AvgIpc) is 2.13. The summed E-state index contributed by atoms with van der Waals surface area (Å²) in [5.41, 5.74) is 4.89. The van der Waals surface area contributed by atoms with Gasteiger partial charge in [-0.05, 0) is 20.3 Å². The summed E-state index contributed by atoms with van der Waals surface area (Å²) in [5.74, 6) is -0.101. The molecule has 0 fully saturated rings. The van der Waals surface area contributed by atoms with Crippen LogP contribution in [-0.4, -0.2) is 30.2 Å². The van der Waals surface area contributed by atoms with Gasteiger partial charge in [-0.15, -0.1) is 0 Å². The van der Waals surface area contributed by atoms with Crippen LogP contribution in [0.15, 0.2) is 0 Å². The van der Waals surface area contributed by atoms with Crippen molar-refractivity contribution in [1.82, 2.24) is 5.32 Å². The van der Waals surface area contributed by atoms with Gasteiger partial charge in [0, 0.05) is 6.54 Å². The van der Waals surface area contributed by atoms with Gasteiger partial charge in [0.05, 0.1) is 18.1 Å². The Balaban J connectivity index is 4.13. The Labute approximate surface area is 79.5 Å². The van der Waals surface area contributed by atoms with Crippen molar-refractivity contribution in [3.05, 3.63) is 0 Å². The van der Waals surface area contributed by atoms with Crippen molar-refractivity contribution in [3.63, 3.8) is 0 Å². The van der Waals surface area contributed by atoms with Crippen LogP contribution >= 0.6 is 0 Å². The number of carbonyl (C=O) groups excluding carboxylic acids is 1. The second-order valence-corrected chi connectivity index (χ2v) is 3.85. The van der Waals surface area contributed by atoms with Gasteiger partial charge in [-0.1, -0.05) is 6.92 Å². The van der Waals surface area contributed by atoms with E-state index in [-0.39, 0.29) is 18.6 Å². The van der Waals surface area contributed by atoms with Gasteiger partial charge in [0.15, 0.2) is 0 Å². The molecule has 4 nitrogen and oxygen atoms in total. The number of nitrogens with one attached hydrogen (secondary N) is 1. The van der Waals surface area contributed by atoms with Crippen LogP contribution in [0.5, 0.6) is 0 Å². The number of hydrogen-bond donors (Lipinski definition) is 3. The predicted molar refractivity (Wildman–Crippen MR) is 52.1 cm³/mol. The first kappa shape index (κ1) is 12.4. The maximum atomic E-state index is 11.5. The third kappa shape index (κ3) is 3.74. The largest absolute Gasteiger partial charge is 0.394 e. The molecule has 78 valence electrons. The third-order valence-corrected chi connectivity index (χ3v) is 2.17. The van der Waals surface area contributed by atoms with Crippen LogP contribution in [0.3, 0.4) is 0 Å². The second-order valence-electron chi connectivity index (χ2n) is 3.85. The highest BCUT2D eigenvalue weighted by atomic mass is 16.3. The van der Waals surface area contributed by atoms with Crippen LogP contribution in [0.25, 0.3) is 0 Å². The molecule has 1 amide bonds. The minimum atomic E-state index is -0.553. The first-order valence-corrected chi connectivity index (χ1v) is 4.59. The Bertz CT molecular complexity index is 165. The quantitative estimate of drug-likeness (QED) is 0.562. The number of hydrogen-bond acceptors (Lipinski definition) is 3. The fraction of sp³-hybridized carbons (Fsp3) is 0.889. The van der Waals surface area contributed by atoms with E-state index >= 15 is 0 Å². The van der Waals surface area contributed by atoms with E-state index in [9.17, 15) is 4.79 Å². The summed E-state index contributed by atoms with van der Waals surface area (Å²) in [6, 6.07) is -0.154. The molecule has 0 aromatic carbocycles. The van der Waals surface area contributed by atoms with Crippen LogP contribution in [0.2, 0.25) is 0 Å². The molecule has 0 aliphatic rings. The zero-order valence-corrected chi connectivity index (χ0v) is 8.63. The van der Waals surface area contributed by atoms with E-state index in [1.54, 1.807) is 13.8 Å². The summed E-state index contributed by atoms with van der Waals surface area (Å²) >= 11 is 0. The number of nitrogens with two attached hydrogens (primary N) is 1. The van der Waals surface area contributed by atoms with Gasteiger partial charge in [0.25, 0.3) is 0 Å². The molecule has 0 saturated heterocycles. The standard InChI is InChI=1S/C9H20N2O2/c1-4-7(5-12)11-8(13)9(2,3)6-10/h7,12H,4-6,10H2,1-3H3,(H,11,13)/t7-/m1/s1. The molecular weight excluding hydrogens is 168 g/mol. The minimum Gasteiger partial charge on any atom is -0.394 e. The summed E-state index contributed by atoms with van der Waals surface area (Å²) < 4.78 is 0. The first-order chi connectivity index (χ1) is 5.97. The van der Waals surface area contributed by atoms with Gasteiger partial charge in [-0.3, -0.25) is 4.79 Å². The smallest absolute Gasteiger partial charge is 0.227 e.